The second kappa shape index (κ2) is 7.73. The summed E-state index contributed by atoms with van der Waals surface area (Å²) < 4.78 is 4.84. The number of amides is 2. The van der Waals surface area contributed by atoms with Gasteiger partial charge in [0.05, 0.1) is 23.7 Å². The van der Waals surface area contributed by atoms with Crippen LogP contribution in [0, 0.1) is 0 Å². The van der Waals surface area contributed by atoms with E-state index in [1.165, 1.54) is 12.1 Å². The van der Waals surface area contributed by atoms with Gasteiger partial charge in [0.1, 0.15) is 0 Å². The molecule has 4 N–H and O–H groups in total. The lowest BCUT2D eigenvalue weighted by molar-refractivity contribution is -0.115. The zero-order valence-electron chi connectivity index (χ0n) is 10.5. The van der Waals surface area contributed by atoms with Gasteiger partial charge in [0.15, 0.2) is 0 Å². The fourth-order valence-electron chi connectivity index (χ4n) is 1.37. The molecule has 1 aromatic rings. The lowest BCUT2D eigenvalue weighted by Crippen LogP contribution is -2.30. The molecule has 19 heavy (non-hydrogen) atoms. The summed E-state index contributed by atoms with van der Waals surface area (Å²) >= 11 is 5.87. The van der Waals surface area contributed by atoms with E-state index in [1.807, 2.05) is 0 Å². The fourth-order valence-corrected chi connectivity index (χ4v) is 1.65. The Morgan fingerprint density at radius 3 is 2.74 bits per heavy atom. The third kappa shape index (κ3) is 5.25. The molecule has 0 aliphatic heterocycles. The summed E-state index contributed by atoms with van der Waals surface area (Å²) in [4.78, 5) is 22.5. The Morgan fingerprint density at radius 1 is 1.42 bits per heavy atom. The predicted molar refractivity (Wildman–Crippen MR) is 73.3 cm³/mol. The smallest absolute Gasteiger partial charge is 0.250 e. The van der Waals surface area contributed by atoms with E-state index in [9.17, 15) is 9.59 Å². The number of methoxy groups -OCH3 is 1. The number of ether oxygens (including phenoxy) is 1. The average Bonchev–Trinajstić information content (AvgIpc) is 2.34. The number of nitrogens with one attached hydrogen (secondary N) is 2. The summed E-state index contributed by atoms with van der Waals surface area (Å²) in [5.74, 6) is -0.817. The van der Waals surface area contributed by atoms with E-state index in [1.54, 1.807) is 13.2 Å². The molecule has 0 saturated heterocycles. The second-order valence-electron chi connectivity index (χ2n) is 3.78. The van der Waals surface area contributed by atoms with Gasteiger partial charge < -0.3 is 21.1 Å². The van der Waals surface area contributed by atoms with Gasteiger partial charge in [-0.3, -0.25) is 9.59 Å². The molecule has 6 nitrogen and oxygen atoms in total. The van der Waals surface area contributed by atoms with Crippen LogP contribution in [0.2, 0.25) is 5.02 Å². The third-order valence-corrected chi connectivity index (χ3v) is 2.60. The van der Waals surface area contributed by atoms with Gasteiger partial charge in [0.25, 0.3) is 0 Å². The molecule has 7 heteroatoms. The van der Waals surface area contributed by atoms with E-state index in [2.05, 4.69) is 10.6 Å². The van der Waals surface area contributed by atoms with Gasteiger partial charge >= 0.3 is 0 Å². The van der Waals surface area contributed by atoms with Gasteiger partial charge in [-0.2, -0.15) is 0 Å². The zero-order chi connectivity index (χ0) is 14.3. The standard InChI is InChI=1S/C12H16ClN3O3/c1-19-5-4-15-7-11(17)16-8-2-3-9(12(14)18)10(13)6-8/h2-3,6,15H,4-5,7H2,1H3,(H2,14,18)(H,16,17). The molecule has 0 fully saturated rings. The molecule has 0 atom stereocenters. The van der Waals surface area contributed by atoms with Gasteiger partial charge in [0, 0.05) is 19.3 Å². The number of nitrogens with two attached hydrogens (primary N) is 1. The largest absolute Gasteiger partial charge is 0.383 e. The number of hydrogen-bond donors (Lipinski definition) is 3. The maximum Gasteiger partial charge on any atom is 0.250 e. The number of rotatable bonds is 7. The lowest BCUT2D eigenvalue weighted by atomic mass is 10.2. The highest BCUT2D eigenvalue weighted by Crippen LogP contribution is 2.20. The molecule has 0 aliphatic carbocycles. The molecule has 0 heterocycles. The van der Waals surface area contributed by atoms with Crippen LogP contribution < -0.4 is 16.4 Å². The maximum atomic E-state index is 11.6. The molecule has 0 spiro atoms. The number of anilines is 1. The topological polar surface area (TPSA) is 93.4 Å². The van der Waals surface area contributed by atoms with Gasteiger partial charge in [-0.1, -0.05) is 11.6 Å². The van der Waals surface area contributed by atoms with Crippen molar-refractivity contribution in [2.75, 3.05) is 32.1 Å². The van der Waals surface area contributed by atoms with Gasteiger partial charge in [-0.05, 0) is 18.2 Å². The molecule has 0 saturated carbocycles. The quantitative estimate of drug-likeness (QED) is 0.640. The molecular weight excluding hydrogens is 270 g/mol. The number of primary amides is 1. The van der Waals surface area contributed by atoms with Crippen molar-refractivity contribution < 1.29 is 14.3 Å². The number of halogens is 1. The van der Waals surface area contributed by atoms with Crippen molar-refractivity contribution in [2.24, 2.45) is 5.73 Å². The monoisotopic (exact) mass is 285 g/mol. The minimum atomic E-state index is -0.607. The van der Waals surface area contributed by atoms with E-state index in [-0.39, 0.29) is 23.0 Å². The Balaban J connectivity index is 2.51. The van der Waals surface area contributed by atoms with E-state index in [4.69, 9.17) is 22.1 Å². The van der Waals surface area contributed by atoms with Crippen LogP contribution in [0.3, 0.4) is 0 Å². The van der Waals surface area contributed by atoms with Crippen LogP contribution in [0.4, 0.5) is 5.69 Å². The molecule has 0 aliphatic rings. The summed E-state index contributed by atoms with van der Waals surface area (Å²) in [5.41, 5.74) is 5.86. The molecule has 0 unspecified atom stereocenters. The van der Waals surface area contributed by atoms with Crippen LogP contribution in [0.1, 0.15) is 10.4 Å². The highest BCUT2D eigenvalue weighted by Gasteiger charge is 2.08. The molecule has 2 amide bonds. The third-order valence-electron chi connectivity index (χ3n) is 2.29. The van der Waals surface area contributed by atoms with E-state index in [0.29, 0.717) is 18.8 Å². The van der Waals surface area contributed by atoms with Crippen molar-refractivity contribution in [3.8, 4) is 0 Å². The molecule has 0 aromatic heterocycles. The van der Waals surface area contributed by atoms with Crippen LogP contribution in [0.25, 0.3) is 0 Å². The van der Waals surface area contributed by atoms with Crippen LogP contribution in [0.15, 0.2) is 18.2 Å². The first-order chi connectivity index (χ1) is 9.04. The van der Waals surface area contributed by atoms with E-state index >= 15 is 0 Å². The van der Waals surface area contributed by atoms with Crippen LogP contribution in [0.5, 0.6) is 0 Å². The summed E-state index contributed by atoms with van der Waals surface area (Å²) in [5, 5.41) is 5.76. The van der Waals surface area contributed by atoms with Gasteiger partial charge in [-0.15, -0.1) is 0 Å². The first-order valence-electron chi connectivity index (χ1n) is 5.63. The van der Waals surface area contributed by atoms with Crippen LogP contribution in [-0.4, -0.2) is 38.6 Å². The Labute approximate surface area is 116 Å². The summed E-state index contributed by atoms with van der Waals surface area (Å²) in [6.45, 7) is 1.29. The fraction of sp³-hybridized carbons (Fsp3) is 0.333. The zero-order valence-corrected chi connectivity index (χ0v) is 11.3. The van der Waals surface area contributed by atoms with Crippen LogP contribution in [-0.2, 0) is 9.53 Å². The minimum Gasteiger partial charge on any atom is -0.383 e. The Morgan fingerprint density at radius 2 is 2.16 bits per heavy atom. The first-order valence-corrected chi connectivity index (χ1v) is 6.01. The second-order valence-corrected chi connectivity index (χ2v) is 4.18. The SMILES string of the molecule is COCCNCC(=O)Nc1ccc(C(N)=O)c(Cl)c1. The molecule has 0 radical (unpaired) electrons. The Kier molecular flexibility index (Phi) is 6.27. The van der Waals surface area contributed by atoms with Crippen molar-refractivity contribution in [3.05, 3.63) is 28.8 Å². The minimum absolute atomic E-state index is 0.165. The highest BCUT2D eigenvalue weighted by molar-refractivity contribution is 6.34. The maximum absolute atomic E-state index is 11.6. The van der Waals surface area contributed by atoms with Gasteiger partial charge in [-0.25, -0.2) is 0 Å². The predicted octanol–water partition coefficient (Wildman–Crippen LogP) is 0.613. The molecule has 1 rings (SSSR count). The Hall–Kier alpha value is -1.63. The van der Waals surface area contributed by atoms with Crippen molar-refractivity contribution in [1.29, 1.82) is 0 Å². The number of hydrogen-bond acceptors (Lipinski definition) is 4. The molecule has 0 bridgehead atoms. The summed E-state index contributed by atoms with van der Waals surface area (Å²) in [7, 11) is 1.59. The highest BCUT2D eigenvalue weighted by atomic mass is 35.5. The summed E-state index contributed by atoms with van der Waals surface area (Å²) in [6.07, 6.45) is 0. The van der Waals surface area contributed by atoms with Crippen LogP contribution >= 0.6 is 11.6 Å². The number of benzene rings is 1. The van der Waals surface area contributed by atoms with E-state index < -0.39 is 5.91 Å². The van der Waals surface area contributed by atoms with Crippen molar-refractivity contribution in [1.82, 2.24) is 5.32 Å². The number of carbonyl (C=O) groups excluding carboxylic acids is 2. The Bertz CT molecular complexity index is 466. The first kappa shape index (κ1) is 15.4. The van der Waals surface area contributed by atoms with Crippen molar-refractivity contribution in [2.45, 2.75) is 0 Å². The molecular formula is C12H16ClN3O3. The van der Waals surface area contributed by atoms with Crippen molar-refractivity contribution in [3.63, 3.8) is 0 Å². The van der Waals surface area contributed by atoms with Crippen molar-refractivity contribution >= 4 is 29.1 Å². The lowest BCUT2D eigenvalue weighted by Gasteiger charge is -2.08. The molecule has 104 valence electrons. The van der Waals surface area contributed by atoms with Gasteiger partial charge in [0.2, 0.25) is 11.8 Å². The number of carbonyl (C=O) groups is 2. The molecule has 1 aromatic carbocycles. The summed E-state index contributed by atoms with van der Waals surface area (Å²) in [6, 6.07) is 4.52. The van der Waals surface area contributed by atoms with E-state index in [0.717, 1.165) is 0 Å². The average molecular weight is 286 g/mol. The normalized spacial score (nSPS) is 10.2.